The van der Waals surface area contributed by atoms with Crippen LogP contribution in [0.4, 0.5) is 0 Å². The number of likely N-dealkylation sites (tertiary alicyclic amines) is 2. The van der Waals surface area contributed by atoms with Crippen LogP contribution < -0.4 is 0 Å². The average Bonchev–Trinajstić information content (AvgIpc) is 2.68. The van der Waals surface area contributed by atoms with E-state index in [1.165, 1.54) is 12.8 Å². The van der Waals surface area contributed by atoms with Gasteiger partial charge in [0.05, 0.1) is 12.5 Å². The van der Waals surface area contributed by atoms with Crippen LogP contribution in [0.15, 0.2) is 0 Å². The first-order valence-corrected chi connectivity index (χ1v) is 7.40. The van der Waals surface area contributed by atoms with Gasteiger partial charge in [-0.05, 0) is 32.2 Å². The summed E-state index contributed by atoms with van der Waals surface area (Å²) in [6.07, 6.45) is 6.25. The lowest BCUT2D eigenvalue weighted by atomic mass is 9.98. The first-order valence-electron chi connectivity index (χ1n) is 7.40. The molecule has 108 valence electrons. The molecule has 0 aliphatic carbocycles. The highest BCUT2D eigenvalue weighted by molar-refractivity contribution is 5.78. The van der Waals surface area contributed by atoms with Gasteiger partial charge in [0.1, 0.15) is 0 Å². The largest absolute Gasteiger partial charge is 0.481 e. The van der Waals surface area contributed by atoms with Crippen molar-refractivity contribution in [2.24, 2.45) is 5.92 Å². The number of hydrogen-bond acceptors (Lipinski definition) is 3. The zero-order chi connectivity index (χ0) is 13.7. The maximum atomic E-state index is 12.2. The molecule has 2 aliphatic rings. The van der Waals surface area contributed by atoms with Crippen molar-refractivity contribution in [3.05, 3.63) is 0 Å². The molecular formula is C14H24N2O3. The number of aliphatic carboxylic acids is 1. The van der Waals surface area contributed by atoms with Crippen molar-refractivity contribution in [3.8, 4) is 0 Å². The van der Waals surface area contributed by atoms with Crippen molar-refractivity contribution in [1.82, 2.24) is 9.80 Å². The van der Waals surface area contributed by atoms with E-state index in [9.17, 15) is 9.59 Å². The van der Waals surface area contributed by atoms with E-state index < -0.39 is 5.97 Å². The van der Waals surface area contributed by atoms with Crippen molar-refractivity contribution in [2.45, 2.75) is 38.5 Å². The molecule has 1 N–H and O–H groups in total. The summed E-state index contributed by atoms with van der Waals surface area (Å²) in [5, 5.41) is 9.05. The SMILES string of the molecule is O=C(O)C1CCCN(CC(=O)N2CCCCCC2)C1. The minimum Gasteiger partial charge on any atom is -0.481 e. The van der Waals surface area contributed by atoms with Crippen LogP contribution in [-0.2, 0) is 9.59 Å². The number of amides is 1. The predicted octanol–water partition coefficient (Wildman–Crippen LogP) is 1.19. The predicted molar refractivity (Wildman–Crippen MR) is 71.8 cm³/mol. The number of piperidine rings is 1. The fraction of sp³-hybridized carbons (Fsp3) is 0.857. The van der Waals surface area contributed by atoms with Crippen LogP contribution in [0.1, 0.15) is 38.5 Å². The number of carbonyl (C=O) groups is 2. The van der Waals surface area contributed by atoms with Crippen molar-refractivity contribution in [2.75, 3.05) is 32.7 Å². The lowest BCUT2D eigenvalue weighted by Crippen LogP contribution is -2.45. The molecule has 5 nitrogen and oxygen atoms in total. The summed E-state index contributed by atoms with van der Waals surface area (Å²) in [5.41, 5.74) is 0. The number of carboxylic acid groups (broad SMARTS) is 1. The standard InChI is InChI=1S/C14H24N2O3/c17-13(16-8-3-1-2-4-9-16)11-15-7-5-6-12(10-15)14(18)19/h12H,1-11H2,(H,18,19). The second-order valence-corrected chi connectivity index (χ2v) is 5.71. The van der Waals surface area contributed by atoms with Crippen molar-refractivity contribution < 1.29 is 14.7 Å². The average molecular weight is 268 g/mol. The van der Waals surface area contributed by atoms with E-state index in [1.807, 2.05) is 9.80 Å². The number of nitrogens with zero attached hydrogens (tertiary/aromatic N) is 2. The van der Waals surface area contributed by atoms with Gasteiger partial charge in [-0.3, -0.25) is 14.5 Å². The first kappa shape index (κ1) is 14.3. The van der Waals surface area contributed by atoms with E-state index in [2.05, 4.69) is 0 Å². The molecule has 0 radical (unpaired) electrons. The molecule has 5 heteroatoms. The Morgan fingerprint density at radius 1 is 1.00 bits per heavy atom. The Kier molecular flexibility index (Phi) is 5.19. The summed E-state index contributed by atoms with van der Waals surface area (Å²) >= 11 is 0. The number of rotatable bonds is 3. The van der Waals surface area contributed by atoms with E-state index in [-0.39, 0.29) is 11.8 Å². The Bertz CT molecular complexity index is 325. The van der Waals surface area contributed by atoms with Gasteiger partial charge in [-0.2, -0.15) is 0 Å². The maximum Gasteiger partial charge on any atom is 0.307 e. The molecule has 2 saturated heterocycles. The third-order valence-electron chi connectivity index (χ3n) is 4.17. The second kappa shape index (κ2) is 6.89. The second-order valence-electron chi connectivity index (χ2n) is 5.71. The van der Waals surface area contributed by atoms with Crippen LogP contribution in [0.2, 0.25) is 0 Å². The number of hydrogen-bond donors (Lipinski definition) is 1. The van der Waals surface area contributed by atoms with Gasteiger partial charge in [0.2, 0.25) is 5.91 Å². The molecule has 0 bridgehead atoms. The summed E-state index contributed by atoms with van der Waals surface area (Å²) in [4.78, 5) is 27.2. The minimum absolute atomic E-state index is 0.174. The fourth-order valence-corrected chi connectivity index (χ4v) is 3.01. The number of carbonyl (C=O) groups excluding carboxylic acids is 1. The van der Waals surface area contributed by atoms with Gasteiger partial charge in [-0.1, -0.05) is 12.8 Å². The lowest BCUT2D eigenvalue weighted by Gasteiger charge is -2.32. The fourth-order valence-electron chi connectivity index (χ4n) is 3.01. The summed E-state index contributed by atoms with van der Waals surface area (Å²) in [6, 6.07) is 0. The summed E-state index contributed by atoms with van der Waals surface area (Å²) in [5.74, 6) is -0.856. The van der Waals surface area contributed by atoms with Crippen LogP contribution in [0, 0.1) is 5.92 Å². The molecule has 0 aromatic heterocycles. The van der Waals surface area contributed by atoms with E-state index in [0.717, 1.165) is 45.3 Å². The molecule has 0 spiro atoms. The zero-order valence-electron chi connectivity index (χ0n) is 11.5. The normalized spacial score (nSPS) is 25.9. The van der Waals surface area contributed by atoms with Crippen LogP contribution in [-0.4, -0.2) is 59.5 Å². The van der Waals surface area contributed by atoms with Gasteiger partial charge in [-0.15, -0.1) is 0 Å². The maximum absolute atomic E-state index is 12.2. The van der Waals surface area contributed by atoms with E-state index >= 15 is 0 Å². The Morgan fingerprint density at radius 3 is 2.32 bits per heavy atom. The molecule has 2 heterocycles. The van der Waals surface area contributed by atoms with Crippen LogP contribution in [0.3, 0.4) is 0 Å². The quantitative estimate of drug-likeness (QED) is 0.835. The third-order valence-corrected chi connectivity index (χ3v) is 4.17. The monoisotopic (exact) mass is 268 g/mol. The Labute approximate surface area is 114 Å². The van der Waals surface area contributed by atoms with E-state index in [4.69, 9.17) is 5.11 Å². The van der Waals surface area contributed by atoms with Crippen LogP contribution >= 0.6 is 0 Å². The summed E-state index contributed by atoms with van der Waals surface area (Å²) in [6.45, 7) is 3.51. The van der Waals surface area contributed by atoms with Gasteiger partial charge >= 0.3 is 5.97 Å². The van der Waals surface area contributed by atoms with Gasteiger partial charge in [0.25, 0.3) is 0 Å². The molecule has 2 rings (SSSR count). The van der Waals surface area contributed by atoms with Gasteiger partial charge in [-0.25, -0.2) is 0 Å². The van der Waals surface area contributed by atoms with E-state index in [0.29, 0.717) is 13.1 Å². The molecular weight excluding hydrogens is 244 g/mol. The highest BCUT2D eigenvalue weighted by atomic mass is 16.4. The van der Waals surface area contributed by atoms with Crippen molar-refractivity contribution >= 4 is 11.9 Å². The molecule has 0 aromatic carbocycles. The van der Waals surface area contributed by atoms with Gasteiger partial charge in [0.15, 0.2) is 0 Å². The molecule has 1 atom stereocenters. The molecule has 1 unspecified atom stereocenters. The third kappa shape index (κ3) is 4.20. The molecule has 2 aliphatic heterocycles. The molecule has 19 heavy (non-hydrogen) atoms. The first-order chi connectivity index (χ1) is 9.16. The highest BCUT2D eigenvalue weighted by Gasteiger charge is 2.27. The molecule has 0 saturated carbocycles. The Balaban J connectivity index is 1.82. The lowest BCUT2D eigenvalue weighted by molar-refractivity contribution is -0.145. The topological polar surface area (TPSA) is 60.9 Å². The van der Waals surface area contributed by atoms with Crippen LogP contribution in [0.25, 0.3) is 0 Å². The smallest absolute Gasteiger partial charge is 0.307 e. The summed E-state index contributed by atoms with van der Waals surface area (Å²) in [7, 11) is 0. The zero-order valence-corrected chi connectivity index (χ0v) is 11.5. The van der Waals surface area contributed by atoms with Crippen molar-refractivity contribution in [3.63, 3.8) is 0 Å². The number of carboxylic acids is 1. The molecule has 1 amide bonds. The summed E-state index contributed by atoms with van der Waals surface area (Å²) < 4.78 is 0. The highest BCUT2D eigenvalue weighted by Crippen LogP contribution is 2.17. The Hall–Kier alpha value is -1.10. The van der Waals surface area contributed by atoms with Gasteiger partial charge in [0, 0.05) is 19.6 Å². The molecule has 0 aromatic rings. The van der Waals surface area contributed by atoms with E-state index in [1.54, 1.807) is 0 Å². The van der Waals surface area contributed by atoms with Crippen molar-refractivity contribution in [1.29, 1.82) is 0 Å². The molecule has 2 fully saturated rings. The minimum atomic E-state index is -0.730. The Morgan fingerprint density at radius 2 is 1.68 bits per heavy atom. The van der Waals surface area contributed by atoms with Gasteiger partial charge < -0.3 is 10.0 Å². The van der Waals surface area contributed by atoms with Crippen LogP contribution in [0.5, 0.6) is 0 Å².